The lowest BCUT2D eigenvalue weighted by Crippen LogP contribution is -2.47. The summed E-state index contributed by atoms with van der Waals surface area (Å²) in [5.74, 6) is -0.144. The van der Waals surface area contributed by atoms with E-state index < -0.39 is 5.82 Å². The molecule has 0 unspecified atom stereocenters. The maximum atomic E-state index is 13.5. The number of nitrogens with one attached hydrogen (secondary N) is 1. The van der Waals surface area contributed by atoms with E-state index in [1.807, 2.05) is 0 Å². The Bertz CT molecular complexity index is 455. The first-order valence-electron chi connectivity index (χ1n) is 7.79. The molecule has 2 N–H and O–H groups in total. The van der Waals surface area contributed by atoms with Crippen molar-refractivity contribution in [3.05, 3.63) is 23.1 Å². The fourth-order valence-electron chi connectivity index (χ4n) is 2.59. The van der Waals surface area contributed by atoms with Crippen molar-refractivity contribution < 1.29 is 9.50 Å². The first kappa shape index (κ1) is 17.4. The Morgan fingerprint density at radius 1 is 1.18 bits per heavy atom. The van der Waals surface area contributed by atoms with Crippen LogP contribution in [0.15, 0.2) is 12.3 Å². The van der Waals surface area contributed by atoms with E-state index in [0.29, 0.717) is 11.6 Å². The summed E-state index contributed by atoms with van der Waals surface area (Å²) in [7, 11) is 0. The molecule has 0 atom stereocenters. The van der Waals surface area contributed by atoms with Crippen LogP contribution in [-0.2, 0) is 0 Å². The van der Waals surface area contributed by atoms with Crippen molar-refractivity contribution in [2.45, 2.75) is 12.8 Å². The summed E-state index contributed by atoms with van der Waals surface area (Å²) in [5.41, 5.74) is 0. The van der Waals surface area contributed by atoms with Crippen molar-refractivity contribution in [2.75, 3.05) is 57.7 Å². The Balaban J connectivity index is 1.56. The number of hydrogen-bond donors (Lipinski definition) is 2. The summed E-state index contributed by atoms with van der Waals surface area (Å²) in [6.07, 6.45) is 3.49. The number of hydrogen-bond acceptors (Lipinski definition) is 5. The van der Waals surface area contributed by atoms with Crippen LogP contribution in [0, 0.1) is 5.82 Å². The third-order valence-corrected chi connectivity index (χ3v) is 4.09. The van der Waals surface area contributed by atoms with Crippen LogP contribution < -0.4 is 5.32 Å². The first-order valence-corrected chi connectivity index (χ1v) is 8.17. The topological polar surface area (TPSA) is 51.6 Å². The highest BCUT2D eigenvalue weighted by Gasteiger charge is 2.15. The zero-order valence-corrected chi connectivity index (χ0v) is 13.5. The second kappa shape index (κ2) is 9.25. The molecule has 0 aliphatic carbocycles. The van der Waals surface area contributed by atoms with Crippen LogP contribution in [0.25, 0.3) is 0 Å². The molecule has 1 saturated heterocycles. The molecule has 1 fully saturated rings. The van der Waals surface area contributed by atoms with Crippen LogP contribution >= 0.6 is 11.6 Å². The smallest absolute Gasteiger partial charge is 0.166 e. The highest BCUT2D eigenvalue weighted by Crippen LogP contribution is 2.15. The number of aliphatic hydroxyl groups excluding tert-OH is 1. The van der Waals surface area contributed by atoms with E-state index in [1.54, 1.807) is 0 Å². The van der Waals surface area contributed by atoms with Gasteiger partial charge < -0.3 is 15.3 Å². The lowest BCUT2D eigenvalue weighted by Gasteiger charge is -2.34. The number of nitrogens with zero attached hydrogens (tertiary/aromatic N) is 3. The third-order valence-electron chi connectivity index (χ3n) is 3.88. The van der Waals surface area contributed by atoms with E-state index >= 15 is 0 Å². The Morgan fingerprint density at radius 2 is 1.86 bits per heavy atom. The molecule has 22 heavy (non-hydrogen) atoms. The van der Waals surface area contributed by atoms with Gasteiger partial charge in [-0.05, 0) is 25.5 Å². The molecule has 0 saturated carbocycles. The largest absolute Gasteiger partial charge is 0.395 e. The van der Waals surface area contributed by atoms with Gasteiger partial charge >= 0.3 is 0 Å². The van der Waals surface area contributed by atoms with Gasteiger partial charge in [-0.3, -0.25) is 4.90 Å². The van der Waals surface area contributed by atoms with Gasteiger partial charge in [0.25, 0.3) is 0 Å². The lowest BCUT2D eigenvalue weighted by molar-refractivity contribution is 0.112. The highest BCUT2D eigenvalue weighted by atomic mass is 35.5. The van der Waals surface area contributed by atoms with E-state index in [-0.39, 0.29) is 12.4 Å². The zero-order valence-electron chi connectivity index (χ0n) is 12.8. The number of piperazine rings is 1. The Morgan fingerprint density at radius 3 is 2.50 bits per heavy atom. The summed E-state index contributed by atoms with van der Waals surface area (Å²) in [5, 5.41) is 12.2. The number of anilines is 1. The molecule has 2 heterocycles. The molecule has 2 rings (SSSR count). The summed E-state index contributed by atoms with van der Waals surface area (Å²) < 4.78 is 13.5. The molecule has 1 aromatic rings. The van der Waals surface area contributed by atoms with Gasteiger partial charge in [-0.2, -0.15) is 0 Å². The number of unbranched alkanes of at least 4 members (excludes halogenated alkanes) is 1. The molecule has 0 aromatic carbocycles. The van der Waals surface area contributed by atoms with Gasteiger partial charge in [-0.1, -0.05) is 11.6 Å². The summed E-state index contributed by atoms with van der Waals surface area (Å²) >= 11 is 5.66. The van der Waals surface area contributed by atoms with Crippen LogP contribution in [-0.4, -0.2) is 72.3 Å². The Hall–Kier alpha value is -0.950. The number of pyridine rings is 1. The van der Waals surface area contributed by atoms with E-state index in [1.165, 1.54) is 12.3 Å². The normalized spacial score (nSPS) is 16.9. The summed E-state index contributed by atoms with van der Waals surface area (Å²) in [6, 6.07) is 1.27. The van der Waals surface area contributed by atoms with Crippen molar-refractivity contribution in [1.82, 2.24) is 14.8 Å². The lowest BCUT2D eigenvalue weighted by atomic mass is 10.2. The number of β-amino-alcohol motifs (C(OH)–C–C–N with tert-alkyl or cyclic N) is 1. The summed E-state index contributed by atoms with van der Waals surface area (Å²) in [6.45, 7) is 6.94. The predicted molar refractivity (Wildman–Crippen MR) is 86.9 cm³/mol. The highest BCUT2D eigenvalue weighted by molar-refractivity contribution is 6.30. The van der Waals surface area contributed by atoms with Crippen LogP contribution in [0.3, 0.4) is 0 Å². The van der Waals surface area contributed by atoms with Gasteiger partial charge in [-0.25, -0.2) is 9.37 Å². The van der Waals surface area contributed by atoms with Gasteiger partial charge in [0, 0.05) is 45.5 Å². The third kappa shape index (κ3) is 5.68. The van der Waals surface area contributed by atoms with E-state index in [0.717, 1.165) is 52.1 Å². The fourth-order valence-corrected chi connectivity index (χ4v) is 2.73. The van der Waals surface area contributed by atoms with Gasteiger partial charge in [0.2, 0.25) is 0 Å². The monoisotopic (exact) mass is 330 g/mol. The molecular formula is C15H24ClFN4O. The van der Waals surface area contributed by atoms with Crippen molar-refractivity contribution >= 4 is 17.4 Å². The maximum absolute atomic E-state index is 13.5. The number of aromatic nitrogens is 1. The molecule has 1 aliphatic rings. The predicted octanol–water partition coefficient (Wildman–Crippen LogP) is 1.68. The van der Waals surface area contributed by atoms with Crippen LogP contribution in [0.2, 0.25) is 5.02 Å². The Labute approximate surface area is 136 Å². The maximum Gasteiger partial charge on any atom is 0.166 e. The second-order valence-electron chi connectivity index (χ2n) is 5.52. The van der Waals surface area contributed by atoms with Crippen molar-refractivity contribution in [2.24, 2.45) is 0 Å². The molecule has 5 nitrogen and oxygen atoms in total. The van der Waals surface area contributed by atoms with E-state index in [2.05, 4.69) is 20.1 Å². The minimum Gasteiger partial charge on any atom is -0.395 e. The van der Waals surface area contributed by atoms with Crippen molar-refractivity contribution in [3.63, 3.8) is 0 Å². The zero-order chi connectivity index (χ0) is 15.8. The number of aliphatic hydroxyl groups is 1. The van der Waals surface area contributed by atoms with E-state index in [4.69, 9.17) is 16.7 Å². The first-order chi connectivity index (χ1) is 10.7. The Kier molecular flexibility index (Phi) is 7.32. The minimum absolute atomic E-state index is 0.237. The minimum atomic E-state index is -0.410. The van der Waals surface area contributed by atoms with Gasteiger partial charge in [0.15, 0.2) is 11.6 Å². The SMILES string of the molecule is OCCN1CCN(CCCCNc2ncc(Cl)cc2F)CC1. The summed E-state index contributed by atoms with van der Waals surface area (Å²) in [4.78, 5) is 8.66. The molecule has 7 heteroatoms. The van der Waals surface area contributed by atoms with Crippen molar-refractivity contribution in [1.29, 1.82) is 0 Å². The quantitative estimate of drug-likeness (QED) is 0.710. The van der Waals surface area contributed by atoms with Crippen LogP contribution in [0.4, 0.5) is 10.2 Å². The molecule has 0 radical (unpaired) electrons. The molecule has 0 spiro atoms. The van der Waals surface area contributed by atoms with Crippen molar-refractivity contribution in [3.8, 4) is 0 Å². The molecule has 124 valence electrons. The molecule has 0 bridgehead atoms. The van der Waals surface area contributed by atoms with Gasteiger partial charge in [-0.15, -0.1) is 0 Å². The molecular weight excluding hydrogens is 307 g/mol. The average Bonchev–Trinajstić information content (AvgIpc) is 2.51. The van der Waals surface area contributed by atoms with Crippen LogP contribution in [0.1, 0.15) is 12.8 Å². The number of rotatable bonds is 8. The molecule has 1 aromatic heterocycles. The standard InChI is InChI=1S/C15H24ClFN4O/c16-13-11-14(17)15(19-12-13)18-3-1-2-4-20-5-7-21(8-6-20)9-10-22/h11-12,22H,1-10H2,(H,18,19). The second-order valence-corrected chi connectivity index (χ2v) is 5.96. The number of halogens is 2. The van der Waals surface area contributed by atoms with Gasteiger partial charge in [0.1, 0.15) is 0 Å². The molecule has 0 amide bonds. The molecule has 1 aliphatic heterocycles. The fraction of sp³-hybridized carbons (Fsp3) is 0.667. The van der Waals surface area contributed by atoms with Crippen LogP contribution in [0.5, 0.6) is 0 Å². The average molecular weight is 331 g/mol. The van der Waals surface area contributed by atoms with Gasteiger partial charge in [0.05, 0.1) is 11.6 Å². The van der Waals surface area contributed by atoms with E-state index in [9.17, 15) is 4.39 Å².